The van der Waals surface area contributed by atoms with Crippen LogP contribution in [0, 0.1) is 0 Å². The Morgan fingerprint density at radius 2 is 2.18 bits per heavy atom. The van der Waals surface area contributed by atoms with Gasteiger partial charge in [-0.05, 0) is 55.4 Å². The van der Waals surface area contributed by atoms with Gasteiger partial charge in [-0.1, -0.05) is 11.6 Å². The Labute approximate surface area is 137 Å². The molecule has 1 aliphatic heterocycles. The molecular weight excluding hydrogens is 324 g/mol. The van der Waals surface area contributed by atoms with Crippen LogP contribution in [0.5, 0.6) is 0 Å². The summed E-state index contributed by atoms with van der Waals surface area (Å²) < 4.78 is 0. The van der Waals surface area contributed by atoms with Crippen LogP contribution < -0.4 is 0 Å². The number of hydrogen-bond donors (Lipinski definition) is 1. The molecule has 1 heterocycles. The Balaban J connectivity index is 2.41. The van der Waals surface area contributed by atoms with E-state index >= 15 is 0 Å². The maximum absolute atomic E-state index is 12.4. The summed E-state index contributed by atoms with van der Waals surface area (Å²) in [5, 5.41) is 10.1. The van der Waals surface area contributed by atoms with Crippen molar-refractivity contribution in [3.8, 4) is 0 Å². The molecule has 1 aromatic rings. The number of carboxylic acids is 1. The lowest BCUT2D eigenvalue weighted by atomic mass is 10.1. The number of nitrogens with zero attached hydrogens (tertiary/aromatic N) is 2. The minimum Gasteiger partial charge on any atom is -0.478 e. The number of amides is 1. The van der Waals surface area contributed by atoms with E-state index < -0.39 is 5.97 Å². The Kier molecular flexibility index (Phi) is 5.26. The predicted molar refractivity (Wildman–Crippen MR) is 89.3 cm³/mol. The lowest BCUT2D eigenvalue weighted by Crippen LogP contribution is -2.28. The van der Waals surface area contributed by atoms with Crippen molar-refractivity contribution < 1.29 is 14.7 Å². The quantitative estimate of drug-likeness (QED) is 0.855. The minimum absolute atomic E-state index is 0.126. The highest BCUT2D eigenvalue weighted by Crippen LogP contribution is 2.33. The molecule has 7 heteroatoms. The zero-order chi connectivity index (χ0) is 16.3. The van der Waals surface area contributed by atoms with Gasteiger partial charge in [0.25, 0.3) is 5.91 Å². The maximum Gasteiger partial charge on any atom is 0.335 e. The fourth-order valence-electron chi connectivity index (χ4n) is 1.97. The summed E-state index contributed by atoms with van der Waals surface area (Å²) >= 11 is 7.37. The summed E-state index contributed by atoms with van der Waals surface area (Å²) in [4.78, 5) is 29.8. The highest BCUT2D eigenvalue weighted by Gasteiger charge is 2.31. The van der Waals surface area contributed by atoms with Crippen LogP contribution in [0.1, 0.15) is 29.8 Å². The Bertz CT molecular complexity index is 685. The van der Waals surface area contributed by atoms with Crippen molar-refractivity contribution >= 4 is 46.5 Å². The standard InChI is InChI=1S/C15H15ClN2O3S/c1-3-17-15-18(4-2)13(19)12(22-15)8-10-7-9(14(20)21)5-6-11(10)16/h5-8H,3-4H2,1-2H3,(H,20,21)/b12-8-,17-15?. The summed E-state index contributed by atoms with van der Waals surface area (Å²) in [6, 6.07) is 4.40. The van der Waals surface area contributed by atoms with Crippen LogP contribution in [-0.4, -0.2) is 40.1 Å². The van der Waals surface area contributed by atoms with E-state index in [0.717, 1.165) is 0 Å². The first-order chi connectivity index (χ1) is 10.5. The van der Waals surface area contributed by atoms with E-state index in [4.69, 9.17) is 16.7 Å². The Morgan fingerprint density at radius 3 is 2.77 bits per heavy atom. The molecule has 2 rings (SSSR count). The summed E-state index contributed by atoms with van der Waals surface area (Å²) in [6.45, 7) is 4.91. The molecule has 1 fully saturated rings. The molecule has 0 aromatic heterocycles. The van der Waals surface area contributed by atoms with Crippen molar-refractivity contribution in [1.29, 1.82) is 0 Å². The first kappa shape index (κ1) is 16.6. The molecule has 5 nitrogen and oxygen atoms in total. The highest BCUT2D eigenvalue weighted by atomic mass is 35.5. The Morgan fingerprint density at radius 1 is 1.45 bits per heavy atom. The second kappa shape index (κ2) is 6.98. The third-order valence-corrected chi connectivity index (χ3v) is 4.42. The lowest BCUT2D eigenvalue weighted by molar-refractivity contribution is -0.122. The van der Waals surface area contributed by atoms with E-state index in [-0.39, 0.29) is 11.5 Å². The number of aliphatic imine (C=N–C) groups is 1. The van der Waals surface area contributed by atoms with Crippen LogP contribution in [-0.2, 0) is 4.79 Å². The summed E-state index contributed by atoms with van der Waals surface area (Å²) in [7, 11) is 0. The molecule has 1 aromatic carbocycles. The van der Waals surface area contributed by atoms with E-state index in [1.807, 2.05) is 13.8 Å². The number of carboxylic acid groups (broad SMARTS) is 1. The predicted octanol–water partition coefficient (Wildman–Crippen LogP) is 3.35. The zero-order valence-corrected chi connectivity index (χ0v) is 13.7. The largest absolute Gasteiger partial charge is 0.478 e. The third-order valence-electron chi connectivity index (χ3n) is 3.03. The first-order valence-electron chi connectivity index (χ1n) is 6.76. The molecule has 1 saturated heterocycles. The number of hydrogen-bond acceptors (Lipinski definition) is 4. The average molecular weight is 339 g/mol. The number of rotatable bonds is 4. The van der Waals surface area contributed by atoms with Gasteiger partial charge in [-0.15, -0.1) is 0 Å². The molecular formula is C15H15ClN2O3S. The van der Waals surface area contributed by atoms with Gasteiger partial charge in [0.1, 0.15) is 0 Å². The molecule has 1 aliphatic rings. The number of benzene rings is 1. The molecule has 116 valence electrons. The maximum atomic E-state index is 12.4. The zero-order valence-electron chi connectivity index (χ0n) is 12.2. The van der Waals surface area contributed by atoms with Crippen LogP contribution in [0.4, 0.5) is 0 Å². The number of thioether (sulfide) groups is 1. The van der Waals surface area contributed by atoms with Crippen LogP contribution in [0.2, 0.25) is 5.02 Å². The van der Waals surface area contributed by atoms with Crippen molar-refractivity contribution in [1.82, 2.24) is 4.90 Å². The molecule has 0 spiro atoms. The van der Waals surface area contributed by atoms with E-state index in [2.05, 4.69) is 4.99 Å². The van der Waals surface area contributed by atoms with Gasteiger partial charge in [0.2, 0.25) is 0 Å². The van der Waals surface area contributed by atoms with Crippen LogP contribution in [0.15, 0.2) is 28.1 Å². The molecule has 0 atom stereocenters. The number of amidine groups is 1. The van der Waals surface area contributed by atoms with E-state index in [1.54, 1.807) is 11.0 Å². The van der Waals surface area contributed by atoms with E-state index in [0.29, 0.717) is 33.7 Å². The third kappa shape index (κ3) is 3.34. The number of likely N-dealkylation sites (N-methyl/N-ethyl adjacent to an activating group) is 1. The SMILES string of the molecule is CCN=C1S/C(=C\c2cc(C(=O)O)ccc2Cl)C(=O)N1CC. The minimum atomic E-state index is -1.04. The van der Waals surface area contributed by atoms with E-state index in [1.165, 1.54) is 30.0 Å². The molecule has 1 amide bonds. The van der Waals surface area contributed by atoms with Gasteiger partial charge in [-0.3, -0.25) is 14.7 Å². The molecule has 22 heavy (non-hydrogen) atoms. The van der Waals surface area contributed by atoms with Gasteiger partial charge in [-0.25, -0.2) is 4.79 Å². The van der Waals surface area contributed by atoms with Crippen LogP contribution >= 0.6 is 23.4 Å². The smallest absolute Gasteiger partial charge is 0.335 e. The fraction of sp³-hybridized carbons (Fsp3) is 0.267. The molecule has 0 bridgehead atoms. The second-order valence-corrected chi connectivity index (χ2v) is 5.87. The van der Waals surface area contributed by atoms with Crippen LogP contribution in [0.25, 0.3) is 6.08 Å². The number of aromatic carboxylic acids is 1. The van der Waals surface area contributed by atoms with Gasteiger partial charge >= 0.3 is 5.97 Å². The highest BCUT2D eigenvalue weighted by molar-refractivity contribution is 8.18. The summed E-state index contributed by atoms with van der Waals surface area (Å²) in [5.41, 5.74) is 0.632. The average Bonchev–Trinajstić information content (AvgIpc) is 2.77. The topological polar surface area (TPSA) is 70.0 Å². The monoisotopic (exact) mass is 338 g/mol. The fourth-order valence-corrected chi connectivity index (χ4v) is 3.24. The number of carbonyl (C=O) groups excluding carboxylic acids is 1. The molecule has 0 radical (unpaired) electrons. The van der Waals surface area contributed by atoms with Crippen molar-refractivity contribution in [2.75, 3.05) is 13.1 Å². The van der Waals surface area contributed by atoms with Crippen molar-refractivity contribution in [3.63, 3.8) is 0 Å². The normalized spacial score (nSPS) is 18.5. The van der Waals surface area contributed by atoms with Crippen molar-refractivity contribution in [2.24, 2.45) is 4.99 Å². The molecule has 0 unspecified atom stereocenters. The van der Waals surface area contributed by atoms with Crippen LogP contribution in [0.3, 0.4) is 0 Å². The van der Waals surface area contributed by atoms with Gasteiger partial charge < -0.3 is 5.11 Å². The number of carbonyl (C=O) groups is 2. The van der Waals surface area contributed by atoms with Gasteiger partial charge in [-0.2, -0.15) is 0 Å². The Hall–Kier alpha value is -1.79. The molecule has 0 aliphatic carbocycles. The number of halogens is 1. The van der Waals surface area contributed by atoms with Crippen molar-refractivity contribution in [3.05, 3.63) is 39.3 Å². The second-order valence-electron chi connectivity index (χ2n) is 4.46. The van der Waals surface area contributed by atoms with E-state index in [9.17, 15) is 9.59 Å². The van der Waals surface area contributed by atoms with Gasteiger partial charge in [0, 0.05) is 18.1 Å². The molecule has 1 N–H and O–H groups in total. The van der Waals surface area contributed by atoms with Gasteiger partial charge in [0.05, 0.1) is 10.5 Å². The summed E-state index contributed by atoms with van der Waals surface area (Å²) in [5.74, 6) is -1.18. The molecule has 0 saturated carbocycles. The summed E-state index contributed by atoms with van der Waals surface area (Å²) in [6.07, 6.45) is 1.61. The lowest BCUT2D eigenvalue weighted by Gasteiger charge is -2.11. The first-order valence-corrected chi connectivity index (χ1v) is 7.96. The van der Waals surface area contributed by atoms with Crippen molar-refractivity contribution in [2.45, 2.75) is 13.8 Å². The van der Waals surface area contributed by atoms with Gasteiger partial charge in [0.15, 0.2) is 5.17 Å².